The number of rotatable bonds is 6. The summed E-state index contributed by atoms with van der Waals surface area (Å²) in [6.07, 6.45) is 9.95. The number of nitrogens with zero attached hydrogens (tertiary/aromatic N) is 3. The van der Waals surface area contributed by atoms with Gasteiger partial charge in [-0.1, -0.05) is 11.6 Å². The largest absolute Gasteiger partial charge is 0.383 e. The maximum Gasteiger partial charge on any atom is 0.242 e. The van der Waals surface area contributed by atoms with Gasteiger partial charge in [-0.2, -0.15) is 0 Å². The summed E-state index contributed by atoms with van der Waals surface area (Å²) in [5.74, 6) is 3.07. The average Bonchev–Trinajstić information content (AvgIpc) is 2.74. The smallest absolute Gasteiger partial charge is 0.242 e. The second-order valence-electron chi connectivity index (χ2n) is 10.7. The lowest BCUT2D eigenvalue weighted by molar-refractivity contribution is -0.136. The first-order valence-electron chi connectivity index (χ1n) is 12.0. The first kappa shape index (κ1) is 22.0. The average molecular weight is 460 g/mol. The molecule has 0 atom stereocenters. The third-order valence-corrected chi connectivity index (χ3v) is 8.43. The van der Waals surface area contributed by atoms with Crippen LogP contribution in [0.2, 0.25) is 5.02 Å². The molecule has 1 aliphatic heterocycles. The summed E-state index contributed by atoms with van der Waals surface area (Å²) in [4.78, 5) is 33.6. The molecular weight excluding hydrogens is 426 g/mol. The summed E-state index contributed by atoms with van der Waals surface area (Å²) in [5.41, 5.74) is 7.08. The minimum Gasteiger partial charge on any atom is -0.383 e. The van der Waals surface area contributed by atoms with E-state index in [9.17, 15) is 9.59 Å². The number of nitrogens with one attached hydrogen (secondary N) is 1. The number of hydrogen-bond donors (Lipinski definition) is 2. The highest BCUT2D eigenvalue weighted by Gasteiger charge is 2.51. The number of pyridine rings is 1. The molecule has 4 bridgehead atoms. The number of nitrogens with two attached hydrogens (primary N) is 1. The van der Waals surface area contributed by atoms with E-state index in [-0.39, 0.29) is 23.8 Å². The van der Waals surface area contributed by atoms with Crippen LogP contribution in [0.1, 0.15) is 50.5 Å². The lowest BCUT2D eigenvalue weighted by Crippen LogP contribution is -2.51. The number of halogens is 1. The van der Waals surface area contributed by atoms with Crippen molar-refractivity contribution < 1.29 is 9.59 Å². The van der Waals surface area contributed by atoms with E-state index in [1.54, 1.807) is 6.20 Å². The third kappa shape index (κ3) is 4.74. The molecule has 1 saturated heterocycles. The fourth-order valence-corrected chi connectivity index (χ4v) is 7.39. The van der Waals surface area contributed by atoms with Crippen molar-refractivity contribution in [2.24, 2.45) is 23.2 Å². The van der Waals surface area contributed by atoms with Crippen LogP contribution in [0.25, 0.3) is 0 Å². The Morgan fingerprint density at radius 3 is 2.34 bits per heavy atom. The second kappa shape index (κ2) is 8.82. The van der Waals surface area contributed by atoms with Crippen molar-refractivity contribution >= 4 is 29.2 Å². The minimum atomic E-state index is 0.00690. The Morgan fingerprint density at radius 2 is 1.72 bits per heavy atom. The van der Waals surface area contributed by atoms with Crippen molar-refractivity contribution in [1.29, 1.82) is 0 Å². The number of aromatic nitrogens is 1. The molecule has 2 amide bonds. The summed E-state index contributed by atoms with van der Waals surface area (Å²) >= 11 is 6.03. The Balaban J connectivity index is 1.06. The molecular formula is C24H34ClN5O2. The van der Waals surface area contributed by atoms with Crippen molar-refractivity contribution in [1.82, 2.24) is 20.1 Å². The van der Waals surface area contributed by atoms with Crippen LogP contribution in [0.15, 0.2) is 12.3 Å². The maximum atomic E-state index is 12.7. The molecule has 1 aromatic rings. The van der Waals surface area contributed by atoms with Gasteiger partial charge in [0.15, 0.2) is 0 Å². The van der Waals surface area contributed by atoms with Crippen molar-refractivity contribution in [2.75, 3.05) is 38.5 Å². The van der Waals surface area contributed by atoms with Gasteiger partial charge in [0.2, 0.25) is 11.8 Å². The van der Waals surface area contributed by atoms with Crippen LogP contribution in [0, 0.1) is 23.2 Å². The number of carbonyl (C=O) groups excluding carboxylic acids is 2. The van der Waals surface area contributed by atoms with Crippen LogP contribution in [0.5, 0.6) is 0 Å². The molecule has 8 heteroatoms. The first-order chi connectivity index (χ1) is 15.4. The van der Waals surface area contributed by atoms with E-state index in [4.69, 9.17) is 17.3 Å². The molecule has 0 unspecified atom stereocenters. The SMILES string of the molecule is Nc1ncc(Cl)cc1CN1CCN(C(=O)CNC(=O)CC23CC4CC(CC(C4)C2)C3)CC1. The van der Waals surface area contributed by atoms with Crippen LogP contribution >= 0.6 is 11.6 Å². The molecule has 4 aliphatic carbocycles. The molecule has 4 saturated carbocycles. The lowest BCUT2D eigenvalue weighted by Gasteiger charge is -2.56. The van der Waals surface area contributed by atoms with Crippen molar-refractivity contribution in [2.45, 2.75) is 51.5 Å². The fourth-order valence-electron chi connectivity index (χ4n) is 7.21. The van der Waals surface area contributed by atoms with Gasteiger partial charge in [-0.05, 0) is 67.8 Å². The Bertz CT molecular complexity index is 848. The number of hydrogen-bond acceptors (Lipinski definition) is 5. The van der Waals surface area contributed by atoms with Gasteiger partial charge in [0.25, 0.3) is 0 Å². The molecule has 3 N–H and O–H groups in total. The fraction of sp³-hybridized carbons (Fsp3) is 0.708. The first-order valence-corrected chi connectivity index (χ1v) is 12.4. The van der Waals surface area contributed by atoms with Crippen LogP contribution in [0.3, 0.4) is 0 Å². The van der Waals surface area contributed by atoms with Gasteiger partial charge in [0.1, 0.15) is 5.82 Å². The summed E-state index contributed by atoms with van der Waals surface area (Å²) in [6, 6.07) is 1.85. The van der Waals surface area contributed by atoms with Gasteiger partial charge < -0.3 is 16.0 Å². The van der Waals surface area contributed by atoms with Crippen LogP contribution < -0.4 is 11.1 Å². The third-order valence-electron chi connectivity index (χ3n) is 8.22. The zero-order valence-corrected chi connectivity index (χ0v) is 19.4. The highest BCUT2D eigenvalue weighted by atomic mass is 35.5. The van der Waals surface area contributed by atoms with Gasteiger partial charge in [0.05, 0.1) is 11.6 Å². The molecule has 174 valence electrons. The van der Waals surface area contributed by atoms with E-state index >= 15 is 0 Å². The molecule has 5 fully saturated rings. The monoisotopic (exact) mass is 459 g/mol. The van der Waals surface area contributed by atoms with Crippen LogP contribution in [-0.4, -0.2) is 59.3 Å². The van der Waals surface area contributed by atoms with Gasteiger partial charge in [-0.25, -0.2) is 4.98 Å². The van der Waals surface area contributed by atoms with E-state index in [0.29, 0.717) is 36.9 Å². The normalized spacial score (nSPS) is 31.7. The van der Waals surface area contributed by atoms with E-state index in [2.05, 4.69) is 15.2 Å². The minimum absolute atomic E-state index is 0.00690. The Morgan fingerprint density at radius 1 is 1.09 bits per heavy atom. The summed E-state index contributed by atoms with van der Waals surface area (Å²) in [7, 11) is 0. The number of piperazine rings is 1. The molecule has 7 nitrogen and oxygen atoms in total. The molecule has 5 aliphatic rings. The zero-order valence-electron chi connectivity index (χ0n) is 18.7. The topological polar surface area (TPSA) is 91.6 Å². The van der Waals surface area contributed by atoms with E-state index in [0.717, 1.165) is 36.4 Å². The quantitative estimate of drug-likeness (QED) is 0.682. The van der Waals surface area contributed by atoms with Gasteiger partial charge in [-0.3, -0.25) is 14.5 Å². The molecule has 2 heterocycles. The van der Waals surface area contributed by atoms with E-state index in [1.165, 1.54) is 38.5 Å². The highest BCUT2D eigenvalue weighted by molar-refractivity contribution is 6.30. The molecule has 0 spiro atoms. The number of nitrogen functional groups attached to an aromatic ring is 1. The Kier molecular flexibility index (Phi) is 6.05. The standard InChI is InChI=1S/C24H34ClN5O2/c25-20-8-19(23(26)28-13-20)15-29-1-3-30(4-2-29)22(32)14-27-21(31)12-24-9-16-5-17(10-24)7-18(6-16)11-24/h8,13,16-18H,1-7,9-12,14-15H2,(H2,26,28)(H,27,31). The molecule has 6 rings (SSSR count). The van der Waals surface area contributed by atoms with Crippen molar-refractivity contribution in [3.63, 3.8) is 0 Å². The Hall–Kier alpha value is -1.86. The van der Waals surface area contributed by atoms with E-state index in [1.807, 2.05) is 11.0 Å². The van der Waals surface area contributed by atoms with Gasteiger partial charge in [0, 0.05) is 50.9 Å². The molecule has 32 heavy (non-hydrogen) atoms. The zero-order chi connectivity index (χ0) is 22.3. The number of anilines is 1. The summed E-state index contributed by atoms with van der Waals surface area (Å²) in [5, 5.41) is 3.51. The lowest BCUT2D eigenvalue weighted by atomic mass is 9.49. The summed E-state index contributed by atoms with van der Waals surface area (Å²) in [6.45, 7) is 3.60. The van der Waals surface area contributed by atoms with Crippen LogP contribution in [0.4, 0.5) is 5.82 Å². The highest BCUT2D eigenvalue weighted by Crippen LogP contribution is 2.61. The predicted molar refractivity (Wildman–Crippen MR) is 124 cm³/mol. The van der Waals surface area contributed by atoms with Crippen molar-refractivity contribution in [3.05, 3.63) is 22.8 Å². The van der Waals surface area contributed by atoms with Crippen molar-refractivity contribution in [3.8, 4) is 0 Å². The maximum absolute atomic E-state index is 12.7. The second-order valence-corrected chi connectivity index (χ2v) is 11.2. The predicted octanol–water partition coefficient (Wildman–Crippen LogP) is 2.68. The number of carbonyl (C=O) groups is 2. The Labute approximate surface area is 195 Å². The molecule has 0 aromatic carbocycles. The number of amides is 2. The van der Waals surface area contributed by atoms with E-state index < -0.39 is 0 Å². The van der Waals surface area contributed by atoms with Gasteiger partial charge >= 0.3 is 0 Å². The van der Waals surface area contributed by atoms with Crippen LogP contribution in [-0.2, 0) is 16.1 Å². The molecule has 0 radical (unpaired) electrons. The molecule has 1 aromatic heterocycles. The summed E-state index contributed by atoms with van der Waals surface area (Å²) < 4.78 is 0. The van der Waals surface area contributed by atoms with Gasteiger partial charge in [-0.15, -0.1) is 0 Å².